The third-order valence-corrected chi connectivity index (χ3v) is 2.88. The molecule has 0 bridgehead atoms. The van der Waals surface area contributed by atoms with Crippen LogP contribution in [0.4, 0.5) is 0 Å². The molecule has 1 aliphatic heterocycles. The minimum atomic E-state index is -0.0807. The molecule has 0 fully saturated rings. The molecule has 2 heterocycles. The van der Waals surface area contributed by atoms with Gasteiger partial charge < -0.3 is 9.15 Å². The van der Waals surface area contributed by atoms with Crippen LogP contribution in [0, 0.1) is 12.3 Å². The van der Waals surface area contributed by atoms with Gasteiger partial charge in [0.05, 0.1) is 12.7 Å². The monoisotopic (exact) mass is 294 g/mol. The number of aryl methyl sites for hydroxylation is 1. The van der Waals surface area contributed by atoms with Gasteiger partial charge in [-0.1, -0.05) is 41.5 Å². The molecule has 0 amide bonds. The molecule has 2 rings (SSSR count). The molecule has 4 nitrogen and oxygen atoms in total. The number of aromatic nitrogens is 1. The van der Waals surface area contributed by atoms with Gasteiger partial charge in [0.1, 0.15) is 11.4 Å². The first-order valence-corrected chi connectivity index (χ1v) is 7.48. The molecule has 0 radical (unpaired) electrons. The lowest BCUT2D eigenvalue weighted by Crippen LogP contribution is -2.29. The molecular weight excluding hydrogens is 264 g/mol. The molecule has 1 aromatic heterocycles. The molecule has 0 aromatic carbocycles. The minimum Gasteiger partial charge on any atom is -0.473 e. The highest BCUT2D eigenvalue weighted by Gasteiger charge is 2.33. The summed E-state index contributed by atoms with van der Waals surface area (Å²) in [6, 6.07) is 0. The molecule has 0 spiro atoms. The van der Waals surface area contributed by atoms with Gasteiger partial charge in [0.15, 0.2) is 11.8 Å². The van der Waals surface area contributed by atoms with Crippen molar-refractivity contribution in [1.29, 1.82) is 0 Å². The molecular formula is C17H30N2O2. The van der Waals surface area contributed by atoms with Crippen LogP contribution in [0.5, 0.6) is 0 Å². The fourth-order valence-corrected chi connectivity index (χ4v) is 1.68. The van der Waals surface area contributed by atoms with E-state index in [9.17, 15) is 0 Å². The van der Waals surface area contributed by atoms with Gasteiger partial charge in [0.2, 0.25) is 0 Å². The largest absolute Gasteiger partial charge is 0.473 e. The van der Waals surface area contributed by atoms with Crippen molar-refractivity contribution in [1.82, 2.24) is 4.98 Å². The maximum Gasteiger partial charge on any atom is 0.199 e. The summed E-state index contributed by atoms with van der Waals surface area (Å²) in [6.07, 6.45) is 1.75. The summed E-state index contributed by atoms with van der Waals surface area (Å²) in [7, 11) is 0. The molecule has 4 heteroatoms. The first kappa shape index (κ1) is 17.7. The molecule has 120 valence electrons. The maximum absolute atomic E-state index is 5.66. The molecule has 0 N–H and O–H groups in total. The molecule has 21 heavy (non-hydrogen) atoms. The van der Waals surface area contributed by atoms with Crippen molar-refractivity contribution in [3.8, 4) is 0 Å². The van der Waals surface area contributed by atoms with Gasteiger partial charge in [-0.05, 0) is 20.8 Å². The lowest BCUT2D eigenvalue weighted by atomic mass is 9.97. The maximum atomic E-state index is 5.66. The second-order valence-corrected chi connectivity index (χ2v) is 8.26. The van der Waals surface area contributed by atoms with Crippen molar-refractivity contribution in [3.63, 3.8) is 0 Å². The molecule has 0 aliphatic carbocycles. The van der Waals surface area contributed by atoms with Crippen LogP contribution in [0.25, 0.3) is 0 Å². The third kappa shape index (κ3) is 5.52. The second-order valence-electron chi connectivity index (χ2n) is 8.26. The fraction of sp³-hybridized carbons (Fsp3) is 0.765. The van der Waals surface area contributed by atoms with Crippen molar-refractivity contribution in [2.45, 2.75) is 73.3 Å². The Labute approximate surface area is 129 Å². The van der Waals surface area contributed by atoms with E-state index in [0.29, 0.717) is 0 Å². The van der Waals surface area contributed by atoms with Crippen LogP contribution in [0.1, 0.15) is 67.0 Å². The Kier molecular flexibility index (Phi) is 4.91. The Balaban J connectivity index is 0.000000211. The van der Waals surface area contributed by atoms with E-state index in [1.54, 1.807) is 6.20 Å². The molecule has 0 saturated heterocycles. The standard InChI is InChI=1S/C9H17NO.C8H13NO/c1-8(2,3)7-10-6-9(4,5)11-7;1-6-5-9-7(10-6)8(2,3)4/h6H2,1-5H3;5H,1-4H3. The summed E-state index contributed by atoms with van der Waals surface area (Å²) >= 11 is 0. The van der Waals surface area contributed by atoms with E-state index in [2.05, 4.69) is 65.4 Å². The van der Waals surface area contributed by atoms with E-state index in [-0.39, 0.29) is 16.4 Å². The highest BCUT2D eigenvalue weighted by Crippen LogP contribution is 2.27. The van der Waals surface area contributed by atoms with Crippen LogP contribution in [0.2, 0.25) is 0 Å². The number of nitrogens with zero attached hydrogens (tertiary/aromatic N) is 2. The van der Waals surface area contributed by atoms with E-state index >= 15 is 0 Å². The Morgan fingerprint density at radius 3 is 1.81 bits per heavy atom. The number of aliphatic imine (C=N–C) groups is 1. The second kappa shape index (κ2) is 5.82. The van der Waals surface area contributed by atoms with Gasteiger partial charge in [0, 0.05) is 10.8 Å². The predicted octanol–water partition coefficient (Wildman–Crippen LogP) is 4.52. The number of hydrogen-bond acceptors (Lipinski definition) is 4. The van der Waals surface area contributed by atoms with E-state index in [4.69, 9.17) is 9.15 Å². The summed E-state index contributed by atoms with van der Waals surface area (Å²) in [5.41, 5.74) is 0.0185. The van der Waals surface area contributed by atoms with Crippen molar-refractivity contribution in [3.05, 3.63) is 17.8 Å². The van der Waals surface area contributed by atoms with Gasteiger partial charge in [-0.25, -0.2) is 4.98 Å². The van der Waals surface area contributed by atoms with E-state index in [0.717, 1.165) is 24.1 Å². The van der Waals surface area contributed by atoms with E-state index in [1.165, 1.54) is 0 Å². The zero-order chi connectivity index (χ0) is 16.5. The topological polar surface area (TPSA) is 47.6 Å². The minimum absolute atomic E-state index is 0.0360. The van der Waals surface area contributed by atoms with Gasteiger partial charge in [-0.15, -0.1) is 0 Å². The highest BCUT2D eigenvalue weighted by atomic mass is 16.5. The SMILES string of the molecule is CC1(C)CN=C(C(C)(C)C)O1.Cc1cnc(C(C)(C)C)o1. The number of rotatable bonds is 0. The Morgan fingerprint density at radius 1 is 1.05 bits per heavy atom. The van der Waals surface area contributed by atoms with Crippen LogP contribution in [-0.4, -0.2) is 23.0 Å². The molecule has 0 unspecified atom stereocenters. The average Bonchev–Trinajstić information content (AvgIpc) is 2.83. The Bertz CT molecular complexity index is 500. The molecule has 0 atom stereocenters. The van der Waals surface area contributed by atoms with Crippen molar-refractivity contribution < 1.29 is 9.15 Å². The van der Waals surface area contributed by atoms with Crippen LogP contribution in [-0.2, 0) is 10.2 Å². The summed E-state index contributed by atoms with van der Waals surface area (Å²) < 4.78 is 11.0. The quantitative estimate of drug-likeness (QED) is 0.706. The van der Waals surface area contributed by atoms with Crippen molar-refractivity contribution >= 4 is 5.90 Å². The zero-order valence-corrected chi connectivity index (χ0v) is 15.0. The van der Waals surface area contributed by atoms with Crippen LogP contribution in [0.3, 0.4) is 0 Å². The van der Waals surface area contributed by atoms with Crippen molar-refractivity contribution in [2.75, 3.05) is 6.54 Å². The fourth-order valence-electron chi connectivity index (χ4n) is 1.68. The summed E-state index contributed by atoms with van der Waals surface area (Å²) in [6.45, 7) is 19.4. The number of oxazole rings is 1. The molecule has 1 aromatic rings. The first-order chi connectivity index (χ1) is 9.31. The summed E-state index contributed by atoms with van der Waals surface area (Å²) in [4.78, 5) is 8.47. The lowest BCUT2D eigenvalue weighted by molar-refractivity contribution is 0.115. The zero-order valence-electron chi connectivity index (χ0n) is 15.0. The molecule has 1 aliphatic rings. The highest BCUT2D eigenvalue weighted by molar-refractivity contribution is 5.83. The van der Waals surface area contributed by atoms with Crippen LogP contribution >= 0.6 is 0 Å². The number of ether oxygens (including phenoxy) is 1. The summed E-state index contributed by atoms with van der Waals surface area (Å²) in [5.74, 6) is 2.58. The van der Waals surface area contributed by atoms with Crippen molar-refractivity contribution in [2.24, 2.45) is 10.4 Å². The normalized spacial score (nSPS) is 17.7. The molecule has 0 saturated carbocycles. The van der Waals surface area contributed by atoms with Gasteiger partial charge in [-0.3, -0.25) is 4.99 Å². The van der Waals surface area contributed by atoms with E-state index in [1.807, 2.05) is 6.92 Å². The number of hydrogen-bond donors (Lipinski definition) is 0. The average molecular weight is 294 g/mol. The predicted molar refractivity (Wildman–Crippen MR) is 86.9 cm³/mol. The third-order valence-electron chi connectivity index (χ3n) is 2.88. The summed E-state index contributed by atoms with van der Waals surface area (Å²) in [5, 5.41) is 0. The van der Waals surface area contributed by atoms with Gasteiger partial charge in [-0.2, -0.15) is 0 Å². The van der Waals surface area contributed by atoms with Gasteiger partial charge in [0.25, 0.3) is 0 Å². The van der Waals surface area contributed by atoms with E-state index < -0.39 is 0 Å². The Hall–Kier alpha value is -1.32. The first-order valence-electron chi connectivity index (χ1n) is 7.48. The Morgan fingerprint density at radius 2 is 1.62 bits per heavy atom. The van der Waals surface area contributed by atoms with Gasteiger partial charge >= 0.3 is 0 Å². The smallest absolute Gasteiger partial charge is 0.199 e. The lowest BCUT2D eigenvalue weighted by Gasteiger charge is -2.23. The van der Waals surface area contributed by atoms with Crippen LogP contribution < -0.4 is 0 Å². The van der Waals surface area contributed by atoms with Crippen LogP contribution in [0.15, 0.2) is 15.6 Å².